The fourth-order valence-corrected chi connectivity index (χ4v) is 4.37. The molecule has 1 aromatic rings. The molecule has 1 saturated heterocycles. The summed E-state index contributed by atoms with van der Waals surface area (Å²) in [5.41, 5.74) is 1.66. The molecule has 0 aromatic heterocycles. The van der Waals surface area contributed by atoms with E-state index in [-0.39, 0.29) is 17.7 Å². The number of unbranched alkanes of at least 4 members (excludes halogenated alkanes) is 1. The van der Waals surface area contributed by atoms with Crippen LogP contribution < -0.4 is 4.31 Å². The number of terminal acetylenes is 1. The molecular formula is C18H24N2O3S. The Bertz CT molecular complexity index is 720. The van der Waals surface area contributed by atoms with Crippen LogP contribution in [0.5, 0.6) is 0 Å². The van der Waals surface area contributed by atoms with Crippen LogP contribution in [-0.2, 0) is 14.8 Å². The molecule has 1 aliphatic rings. The Morgan fingerprint density at radius 2 is 2.04 bits per heavy atom. The molecule has 130 valence electrons. The maximum Gasteiger partial charge on any atom is 0.235 e. The molecule has 1 heterocycles. The van der Waals surface area contributed by atoms with Gasteiger partial charge in [-0.3, -0.25) is 9.10 Å². The molecule has 0 unspecified atom stereocenters. The second-order valence-corrected chi connectivity index (χ2v) is 8.08. The van der Waals surface area contributed by atoms with Crippen molar-refractivity contribution in [3.8, 4) is 12.3 Å². The largest absolute Gasteiger partial charge is 0.339 e. The van der Waals surface area contributed by atoms with Gasteiger partial charge in [0, 0.05) is 26.4 Å². The standard InChI is InChI=1S/C18H24N2O3S/c1-4-5-6-8-18(21)19(3)15(2)16-9-11-17(12-10-16)20-13-7-14-24(20,22)23/h1,9-12,15H,5-8,13-14H2,2-3H3/t15-/m0/s1. The zero-order valence-corrected chi connectivity index (χ0v) is 15.1. The quantitative estimate of drug-likeness (QED) is 0.586. The SMILES string of the molecule is C#CCCCC(=O)N(C)[C@@H](C)c1ccc(N2CCCS2(=O)=O)cc1. The van der Waals surface area contributed by atoms with Gasteiger partial charge in [-0.05, 0) is 37.5 Å². The zero-order valence-electron chi connectivity index (χ0n) is 14.2. The number of sulfonamides is 1. The topological polar surface area (TPSA) is 57.7 Å². The molecule has 0 aliphatic carbocycles. The molecule has 0 spiro atoms. The third-order valence-corrected chi connectivity index (χ3v) is 6.32. The first-order chi connectivity index (χ1) is 11.4. The highest BCUT2D eigenvalue weighted by Crippen LogP contribution is 2.27. The maximum atomic E-state index is 12.2. The maximum absolute atomic E-state index is 12.2. The molecular weight excluding hydrogens is 324 g/mol. The normalized spacial score (nSPS) is 17.3. The minimum Gasteiger partial charge on any atom is -0.339 e. The minimum atomic E-state index is -3.16. The van der Waals surface area contributed by atoms with Gasteiger partial charge < -0.3 is 4.90 Å². The van der Waals surface area contributed by atoms with Gasteiger partial charge in [0.15, 0.2) is 0 Å². The van der Waals surface area contributed by atoms with Crippen molar-refractivity contribution in [2.24, 2.45) is 0 Å². The average Bonchev–Trinajstić information content (AvgIpc) is 2.93. The summed E-state index contributed by atoms with van der Waals surface area (Å²) >= 11 is 0. The Hall–Kier alpha value is -2.00. The van der Waals surface area contributed by atoms with Crippen LogP contribution in [0, 0.1) is 12.3 Å². The Balaban J connectivity index is 2.04. The number of benzene rings is 1. The lowest BCUT2D eigenvalue weighted by Gasteiger charge is -2.26. The zero-order chi connectivity index (χ0) is 17.7. The second-order valence-electron chi connectivity index (χ2n) is 6.07. The van der Waals surface area contributed by atoms with Crippen molar-refractivity contribution in [2.45, 2.75) is 38.6 Å². The molecule has 1 fully saturated rings. The number of rotatable bonds is 6. The van der Waals surface area contributed by atoms with Gasteiger partial charge in [-0.15, -0.1) is 12.3 Å². The predicted molar refractivity (Wildman–Crippen MR) is 96.1 cm³/mol. The van der Waals surface area contributed by atoms with Gasteiger partial charge in [0.1, 0.15) is 0 Å². The van der Waals surface area contributed by atoms with Crippen molar-refractivity contribution in [1.82, 2.24) is 4.90 Å². The van der Waals surface area contributed by atoms with E-state index in [9.17, 15) is 13.2 Å². The molecule has 1 atom stereocenters. The predicted octanol–water partition coefficient (Wildman–Crippen LogP) is 2.55. The van der Waals surface area contributed by atoms with Crippen molar-refractivity contribution in [2.75, 3.05) is 23.7 Å². The number of nitrogens with zero attached hydrogens (tertiary/aromatic N) is 2. The van der Waals surface area contributed by atoms with Crippen LogP contribution in [0.4, 0.5) is 5.69 Å². The van der Waals surface area contributed by atoms with E-state index in [0.717, 1.165) is 5.56 Å². The third kappa shape index (κ3) is 4.09. The lowest BCUT2D eigenvalue weighted by Crippen LogP contribution is -2.29. The first kappa shape index (κ1) is 18.3. The van der Waals surface area contributed by atoms with Crippen molar-refractivity contribution in [3.05, 3.63) is 29.8 Å². The first-order valence-electron chi connectivity index (χ1n) is 8.16. The van der Waals surface area contributed by atoms with Crippen molar-refractivity contribution in [3.63, 3.8) is 0 Å². The molecule has 5 nitrogen and oxygen atoms in total. The van der Waals surface area contributed by atoms with E-state index in [1.165, 1.54) is 4.31 Å². The summed E-state index contributed by atoms with van der Waals surface area (Å²) in [6.07, 6.45) is 7.60. The highest BCUT2D eigenvalue weighted by molar-refractivity contribution is 7.93. The van der Waals surface area contributed by atoms with Gasteiger partial charge in [0.25, 0.3) is 0 Å². The van der Waals surface area contributed by atoms with Crippen LogP contribution in [-0.4, -0.2) is 38.6 Å². The summed E-state index contributed by atoms with van der Waals surface area (Å²) in [7, 11) is -1.38. The van der Waals surface area contributed by atoms with E-state index < -0.39 is 10.0 Å². The summed E-state index contributed by atoms with van der Waals surface area (Å²) in [6, 6.07) is 7.32. The number of carbonyl (C=O) groups excluding carboxylic acids is 1. The third-order valence-electron chi connectivity index (χ3n) is 4.45. The monoisotopic (exact) mass is 348 g/mol. The average molecular weight is 348 g/mol. The van der Waals surface area contributed by atoms with E-state index >= 15 is 0 Å². The van der Waals surface area contributed by atoms with Gasteiger partial charge in [-0.1, -0.05) is 12.1 Å². The molecule has 0 N–H and O–H groups in total. The Kier molecular flexibility index (Phi) is 5.89. The summed E-state index contributed by atoms with van der Waals surface area (Å²) in [5.74, 6) is 2.81. The van der Waals surface area contributed by atoms with Gasteiger partial charge in [0.2, 0.25) is 15.9 Å². The van der Waals surface area contributed by atoms with Crippen LogP contribution in [0.25, 0.3) is 0 Å². The molecule has 1 amide bonds. The number of carbonyl (C=O) groups is 1. The van der Waals surface area contributed by atoms with Crippen LogP contribution in [0.15, 0.2) is 24.3 Å². The van der Waals surface area contributed by atoms with E-state index in [1.807, 2.05) is 31.2 Å². The summed E-state index contributed by atoms with van der Waals surface area (Å²) in [6.45, 7) is 2.49. The molecule has 0 saturated carbocycles. The lowest BCUT2D eigenvalue weighted by atomic mass is 10.1. The molecule has 1 aromatic carbocycles. The Labute approximate surface area is 144 Å². The first-order valence-corrected chi connectivity index (χ1v) is 9.77. The second kappa shape index (κ2) is 7.71. The van der Waals surface area contributed by atoms with Crippen molar-refractivity contribution < 1.29 is 13.2 Å². The smallest absolute Gasteiger partial charge is 0.235 e. The Morgan fingerprint density at radius 3 is 2.58 bits per heavy atom. The minimum absolute atomic E-state index is 0.0592. The van der Waals surface area contributed by atoms with E-state index in [0.29, 0.717) is 37.9 Å². The molecule has 0 radical (unpaired) electrons. The molecule has 24 heavy (non-hydrogen) atoms. The number of amides is 1. The molecule has 0 bridgehead atoms. The van der Waals surface area contributed by atoms with Gasteiger partial charge in [0.05, 0.1) is 17.5 Å². The fourth-order valence-electron chi connectivity index (χ4n) is 2.81. The number of anilines is 1. The van der Waals surface area contributed by atoms with Crippen LogP contribution in [0.2, 0.25) is 0 Å². The Morgan fingerprint density at radius 1 is 1.38 bits per heavy atom. The lowest BCUT2D eigenvalue weighted by molar-refractivity contribution is -0.131. The summed E-state index contributed by atoms with van der Waals surface area (Å²) in [5, 5.41) is 0. The summed E-state index contributed by atoms with van der Waals surface area (Å²) < 4.78 is 25.4. The van der Waals surface area contributed by atoms with E-state index in [2.05, 4.69) is 5.92 Å². The molecule has 6 heteroatoms. The highest BCUT2D eigenvalue weighted by Gasteiger charge is 2.28. The van der Waals surface area contributed by atoms with E-state index in [1.54, 1.807) is 11.9 Å². The van der Waals surface area contributed by atoms with Crippen LogP contribution >= 0.6 is 0 Å². The fraction of sp³-hybridized carbons (Fsp3) is 0.500. The molecule has 1 aliphatic heterocycles. The highest BCUT2D eigenvalue weighted by atomic mass is 32.2. The van der Waals surface area contributed by atoms with Crippen molar-refractivity contribution >= 4 is 21.6 Å². The molecule has 2 rings (SSSR count). The number of hydrogen-bond acceptors (Lipinski definition) is 3. The van der Waals surface area contributed by atoms with Gasteiger partial charge >= 0.3 is 0 Å². The van der Waals surface area contributed by atoms with Gasteiger partial charge in [-0.2, -0.15) is 0 Å². The van der Waals surface area contributed by atoms with Crippen LogP contribution in [0.3, 0.4) is 0 Å². The summed E-state index contributed by atoms with van der Waals surface area (Å²) in [4.78, 5) is 13.9. The number of hydrogen-bond donors (Lipinski definition) is 0. The van der Waals surface area contributed by atoms with E-state index in [4.69, 9.17) is 6.42 Å². The van der Waals surface area contributed by atoms with Crippen molar-refractivity contribution in [1.29, 1.82) is 0 Å². The van der Waals surface area contributed by atoms with Gasteiger partial charge in [-0.25, -0.2) is 8.42 Å². The van der Waals surface area contributed by atoms with Crippen LogP contribution in [0.1, 0.15) is 44.2 Å².